The molecule has 24 heavy (non-hydrogen) atoms. The van der Waals surface area contributed by atoms with Crippen LogP contribution in [0.4, 0.5) is 0 Å². The Morgan fingerprint density at radius 1 is 0.292 bits per heavy atom. The van der Waals surface area contributed by atoms with Crippen molar-refractivity contribution in [2.75, 3.05) is 0 Å². The van der Waals surface area contributed by atoms with Gasteiger partial charge in [-0.15, -0.1) is 0 Å². The van der Waals surface area contributed by atoms with Crippen molar-refractivity contribution in [1.82, 2.24) is 0 Å². The lowest BCUT2D eigenvalue weighted by atomic mass is 10.0. The third kappa shape index (κ3) is 3.53. The third-order valence-electron chi connectivity index (χ3n) is 6.89. The average Bonchev–Trinajstić information content (AvgIpc) is 3.32. The zero-order chi connectivity index (χ0) is 15.9. The number of ether oxygens (including phenoxy) is 4. The van der Waals surface area contributed by atoms with E-state index in [0.717, 1.165) is 25.7 Å². The molecule has 0 saturated carbocycles. The molecule has 8 unspecified atom stereocenters. The first-order chi connectivity index (χ1) is 11.8. The van der Waals surface area contributed by atoms with Crippen LogP contribution >= 0.6 is 0 Å². The minimum atomic E-state index is 0.413. The van der Waals surface area contributed by atoms with Gasteiger partial charge in [0.2, 0.25) is 0 Å². The fourth-order valence-electron chi connectivity index (χ4n) is 5.68. The van der Waals surface area contributed by atoms with Gasteiger partial charge in [-0.3, -0.25) is 0 Å². The largest absolute Gasteiger partial charge is 0.375 e. The summed E-state index contributed by atoms with van der Waals surface area (Å²) in [5, 5.41) is 0. The Kier molecular flexibility index (Phi) is 4.59. The van der Waals surface area contributed by atoms with E-state index in [1.807, 2.05) is 0 Å². The van der Waals surface area contributed by atoms with Gasteiger partial charge in [0, 0.05) is 0 Å². The molecule has 4 heteroatoms. The summed E-state index contributed by atoms with van der Waals surface area (Å²) in [6.07, 6.45) is 17.3. The molecule has 5 rings (SSSR count). The second-order valence-corrected chi connectivity index (χ2v) is 8.77. The van der Waals surface area contributed by atoms with Crippen molar-refractivity contribution in [3.63, 3.8) is 0 Å². The molecular weight excluding hydrogens is 304 g/mol. The Hall–Kier alpha value is -0.160. The van der Waals surface area contributed by atoms with Crippen LogP contribution in [0.15, 0.2) is 0 Å². The summed E-state index contributed by atoms with van der Waals surface area (Å²) >= 11 is 0. The molecule has 0 radical (unpaired) electrons. The van der Waals surface area contributed by atoms with E-state index in [4.69, 9.17) is 18.9 Å². The molecule has 5 heterocycles. The molecule has 5 aliphatic rings. The lowest BCUT2D eigenvalue weighted by Crippen LogP contribution is -2.25. The minimum absolute atomic E-state index is 0.413. The highest BCUT2D eigenvalue weighted by Crippen LogP contribution is 2.37. The maximum Gasteiger partial charge on any atom is 0.0604 e. The summed E-state index contributed by atoms with van der Waals surface area (Å²) < 4.78 is 25.3. The van der Waals surface area contributed by atoms with Crippen LogP contribution in [0, 0.1) is 0 Å². The molecule has 136 valence electrons. The highest BCUT2D eigenvalue weighted by atomic mass is 16.5. The van der Waals surface area contributed by atoms with Gasteiger partial charge in [0.25, 0.3) is 0 Å². The van der Waals surface area contributed by atoms with Crippen LogP contribution in [0.1, 0.15) is 77.0 Å². The lowest BCUT2D eigenvalue weighted by molar-refractivity contribution is -0.0641. The number of hydrogen-bond acceptors (Lipinski definition) is 4. The molecule has 0 aromatic rings. The fourth-order valence-corrected chi connectivity index (χ4v) is 5.68. The SMILES string of the molecule is C1CC2CC3CCC(CC4CCC(CC5CCC(CC1O2)O5)O4)O3. The van der Waals surface area contributed by atoms with Crippen LogP contribution in [0.5, 0.6) is 0 Å². The Balaban J connectivity index is 1.27. The van der Waals surface area contributed by atoms with Crippen molar-refractivity contribution in [1.29, 1.82) is 0 Å². The maximum absolute atomic E-state index is 6.33. The van der Waals surface area contributed by atoms with Crippen LogP contribution < -0.4 is 0 Å². The fraction of sp³-hybridized carbons (Fsp3) is 1.00. The second-order valence-electron chi connectivity index (χ2n) is 8.77. The Labute approximate surface area is 145 Å². The molecular formula is C20H32O4. The van der Waals surface area contributed by atoms with E-state index in [2.05, 4.69) is 0 Å². The van der Waals surface area contributed by atoms with Gasteiger partial charge < -0.3 is 18.9 Å². The molecule has 4 nitrogen and oxygen atoms in total. The molecule has 0 spiro atoms. The number of rotatable bonds is 0. The zero-order valence-electron chi connectivity index (χ0n) is 14.7. The highest BCUT2D eigenvalue weighted by Gasteiger charge is 2.38. The van der Waals surface area contributed by atoms with Crippen LogP contribution in [0.2, 0.25) is 0 Å². The molecule has 8 bridgehead atoms. The van der Waals surface area contributed by atoms with Gasteiger partial charge in [0.15, 0.2) is 0 Å². The van der Waals surface area contributed by atoms with Crippen LogP contribution in [0.25, 0.3) is 0 Å². The van der Waals surface area contributed by atoms with Crippen molar-refractivity contribution < 1.29 is 18.9 Å². The summed E-state index contributed by atoms with van der Waals surface area (Å²) in [6, 6.07) is 0. The van der Waals surface area contributed by atoms with Crippen molar-refractivity contribution in [2.24, 2.45) is 0 Å². The van der Waals surface area contributed by atoms with Crippen molar-refractivity contribution in [2.45, 2.75) is 126 Å². The Bertz CT molecular complexity index is 329. The van der Waals surface area contributed by atoms with Crippen LogP contribution in [0.3, 0.4) is 0 Å². The van der Waals surface area contributed by atoms with E-state index in [0.29, 0.717) is 48.8 Å². The smallest absolute Gasteiger partial charge is 0.0604 e. The summed E-state index contributed by atoms with van der Waals surface area (Å²) in [6.45, 7) is 0. The summed E-state index contributed by atoms with van der Waals surface area (Å²) in [4.78, 5) is 0. The molecule has 5 fully saturated rings. The quantitative estimate of drug-likeness (QED) is 0.675. The van der Waals surface area contributed by atoms with Gasteiger partial charge in [-0.25, -0.2) is 0 Å². The van der Waals surface area contributed by atoms with Crippen LogP contribution in [-0.2, 0) is 18.9 Å². The normalized spacial score (nSPS) is 52.0. The van der Waals surface area contributed by atoms with Crippen molar-refractivity contribution in [3.05, 3.63) is 0 Å². The van der Waals surface area contributed by atoms with Crippen molar-refractivity contribution >= 4 is 0 Å². The van der Waals surface area contributed by atoms with Crippen molar-refractivity contribution in [3.8, 4) is 0 Å². The first-order valence-corrected chi connectivity index (χ1v) is 10.4. The predicted molar refractivity (Wildman–Crippen MR) is 90.0 cm³/mol. The standard InChI is InChI=1S/C20H32O4/c1-2-14-10-16-5-6-18(23-16)12-20-8-7-19(24-20)11-17-4-3-15(22-17)9-13(1)21-14/h13-20H,1-12H2. The summed E-state index contributed by atoms with van der Waals surface area (Å²) in [5.74, 6) is 0. The molecule has 0 aliphatic carbocycles. The Morgan fingerprint density at radius 2 is 0.458 bits per heavy atom. The maximum atomic E-state index is 6.33. The van der Waals surface area contributed by atoms with Gasteiger partial charge in [0.1, 0.15) is 0 Å². The molecule has 0 aromatic carbocycles. The van der Waals surface area contributed by atoms with E-state index in [1.165, 1.54) is 51.4 Å². The van der Waals surface area contributed by atoms with Gasteiger partial charge in [-0.2, -0.15) is 0 Å². The topological polar surface area (TPSA) is 36.9 Å². The molecule has 8 atom stereocenters. The minimum Gasteiger partial charge on any atom is -0.375 e. The van der Waals surface area contributed by atoms with Gasteiger partial charge >= 0.3 is 0 Å². The van der Waals surface area contributed by atoms with Gasteiger partial charge in [-0.05, 0) is 77.0 Å². The zero-order valence-corrected chi connectivity index (χ0v) is 14.7. The van der Waals surface area contributed by atoms with E-state index < -0.39 is 0 Å². The monoisotopic (exact) mass is 336 g/mol. The van der Waals surface area contributed by atoms with Crippen LogP contribution in [-0.4, -0.2) is 48.8 Å². The molecule has 0 aromatic heterocycles. The van der Waals surface area contributed by atoms with E-state index in [9.17, 15) is 0 Å². The van der Waals surface area contributed by atoms with E-state index in [1.54, 1.807) is 0 Å². The predicted octanol–water partition coefficient (Wildman–Crippen LogP) is 3.75. The Morgan fingerprint density at radius 3 is 0.625 bits per heavy atom. The molecule has 0 N–H and O–H groups in total. The lowest BCUT2D eigenvalue weighted by Gasteiger charge is -2.23. The van der Waals surface area contributed by atoms with Gasteiger partial charge in [-0.1, -0.05) is 0 Å². The molecule has 0 amide bonds. The number of fused-ring (bicyclic) bond motifs is 8. The van der Waals surface area contributed by atoms with E-state index >= 15 is 0 Å². The third-order valence-corrected chi connectivity index (χ3v) is 6.89. The second kappa shape index (κ2) is 6.86. The molecule has 5 saturated heterocycles. The van der Waals surface area contributed by atoms with E-state index in [-0.39, 0.29) is 0 Å². The summed E-state index contributed by atoms with van der Waals surface area (Å²) in [7, 11) is 0. The first kappa shape index (κ1) is 16.0. The molecule has 5 aliphatic heterocycles. The first-order valence-electron chi connectivity index (χ1n) is 10.4. The van der Waals surface area contributed by atoms with Gasteiger partial charge in [0.05, 0.1) is 48.8 Å². The highest BCUT2D eigenvalue weighted by molar-refractivity contribution is 4.87. The number of hydrogen-bond donors (Lipinski definition) is 0. The summed E-state index contributed by atoms with van der Waals surface area (Å²) in [5.41, 5.74) is 0. The average molecular weight is 336 g/mol.